The van der Waals surface area contributed by atoms with Crippen LogP contribution in [-0.4, -0.2) is 25.7 Å². The lowest BCUT2D eigenvalue weighted by Gasteiger charge is -2.49. The van der Waals surface area contributed by atoms with E-state index in [-0.39, 0.29) is 5.69 Å². The van der Waals surface area contributed by atoms with Gasteiger partial charge in [-0.05, 0) is 24.6 Å². The summed E-state index contributed by atoms with van der Waals surface area (Å²) in [5.74, 6) is -0.884. The number of sulfonamides is 1. The van der Waals surface area contributed by atoms with Crippen LogP contribution in [0.4, 0.5) is 10.1 Å². The van der Waals surface area contributed by atoms with Crippen LogP contribution in [0.1, 0.15) is 20.3 Å². The average molecular weight is 288 g/mol. The van der Waals surface area contributed by atoms with Crippen LogP contribution in [0.2, 0.25) is 0 Å². The summed E-state index contributed by atoms with van der Waals surface area (Å²) in [5.41, 5.74) is 4.99. The molecule has 2 atom stereocenters. The number of anilines is 1. The fourth-order valence-electron chi connectivity index (χ4n) is 2.09. The molecule has 0 amide bonds. The first-order chi connectivity index (χ1) is 8.64. The average Bonchev–Trinajstić information content (AvgIpc) is 2.27. The minimum Gasteiger partial charge on any atom is -0.399 e. The topological polar surface area (TPSA) is 92.4 Å². The van der Waals surface area contributed by atoms with Gasteiger partial charge >= 0.3 is 0 Å². The number of nitrogens with two attached hydrogens (primary N) is 1. The van der Waals surface area contributed by atoms with Crippen LogP contribution in [0, 0.1) is 11.2 Å². The summed E-state index contributed by atoms with van der Waals surface area (Å²) >= 11 is 0. The molecule has 1 aromatic carbocycles. The highest BCUT2D eigenvalue weighted by atomic mass is 32.2. The Morgan fingerprint density at radius 3 is 2.58 bits per heavy atom. The van der Waals surface area contributed by atoms with E-state index < -0.39 is 38.3 Å². The molecule has 4 N–H and O–H groups in total. The molecule has 0 spiro atoms. The van der Waals surface area contributed by atoms with Crippen LogP contribution in [-0.2, 0) is 10.0 Å². The van der Waals surface area contributed by atoms with Gasteiger partial charge in [0.15, 0.2) is 0 Å². The highest BCUT2D eigenvalue weighted by Crippen LogP contribution is 2.41. The van der Waals surface area contributed by atoms with E-state index in [1.54, 1.807) is 13.8 Å². The van der Waals surface area contributed by atoms with Gasteiger partial charge in [-0.15, -0.1) is 0 Å². The van der Waals surface area contributed by atoms with Gasteiger partial charge in [0.1, 0.15) is 10.7 Å². The molecule has 1 aromatic rings. The van der Waals surface area contributed by atoms with E-state index in [0.717, 1.165) is 12.1 Å². The fraction of sp³-hybridized carbons (Fsp3) is 0.500. The van der Waals surface area contributed by atoms with Gasteiger partial charge < -0.3 is 10.8 Å². The monoisotopic (exact) mass is 288 g/mol. The first kappa shape index (κ1) is 14.2. The Hall–Kier alpha value is -1.18. The molecule has 19 heavy (non-hydrogen) atoms. The van der Waals surface area contributed by atoms with Gasteiger partial charge in [-0.1, -0.05) is 13.8 Å². The Labute approximate surface area is 111 Å². The number of aliphatic hydroxyl groups is 1. The van der Waals surface area contributed by atoms with E-state index >= 15 is 0 Å². The quantitative estimate of drug-likeness (QED) is 0.719. The number of aliphatic hydroxyl groups excluding tert-OH is 1. The predicted octanol–water partition coefficient (Wildman–Crippen LogP) is 0.846. The van der Waals surface area contributed by atoms with E-state index in [1.807, 2.05) is 0 Å². The van der Waals surface area contributed by atoms with Crippen molar-refractivity contribution >= 4 is 15.7 Å². The third-order valence-corrected chi connectivity index (χ3v) is 5.26. The Balaban J connectivity index is 2.25. The molecular formula is C12H17FN2O3S. The van der Waals surface area contributed by atoms with Gasteiger partial charge in [0.2, 0.25) is 10.0 Å². The zero-order chi connectivity index (χ0) is 14.4. The lowest BCUT2D eigenvalue weighted by Crippen LogP contribution is -2.61. The van der Waals surface area contributed by atoms with E-state index in [9.17, 15) is 17.9 Å². The summed E-state index contributed by atoms with van der Waals surface area (Å²) in [6.45, 7) is 3.52. The van der Waals surface area contributed by atoms with Crippen molar-refractivity contribution < 1.29 is 17.9 Å². The van der Waals surface area contributed by atoms with Gasteiger partial charge in [0, 0.05) is 17.1 Å². The largest absolute Gasteiger partial charge is 0.399 e. The lowest BCUT2D eigenvalue weighted by molar-refractivity contribution is -0.0645. The fourth-order valence-corrected chi connectivity index (χ4v) is 3.55. The summed E-state index contributed by atoms with van der Waals surface area (Å²) < 4.78 is 40.2. The Kier molecular flexibility index (Phi) is 3.32. The zero-order valence-electron chi connectivity index (χ0n) is 10.7. The molecule has 1 saturated carbocycles. The van der Waals surface area contributed by atoms with Crippen molar-refractivity contribution in [1.29, 1.82) is 0 Å². The SMILES string of the molecule is CC1(C)C(O)CC1NS(=O)(=O)c1ccc(N)cc1F. The van der Waals surface area contributed by atoms with Gasteiger partial charge in [-0.25, -0.2) is 17.5 Å². The third kappa shape index (κ3) is 2.45. The van der Waals surface area contributed by atoms with Gasteiger partial charge in [0.05, 0.1) is 6.10 Å². The normalized spacial score (nSPS) is 25.9. The highest BCUT2D eigenvalue weighted by Gasteiger charge is 2.49. The molecule has 0 bridgehead atoms. The van der Waals surface area contributed by atoms with Crippen molar-refractivity contribution in [2.75, 3.05) is 5.73 Å². The predicted molar refractivity (Wildman–Crippen MR) is 69.3 cm³/mol. The molecule has 2 rings (SSSR count). The second kappa shape index (κ2) is 4.43. The first-order valence-corrected chi connectivity index (χ1v) is 7.38. The van der Waals surface area contributed by atoms with E-state index in [0.29, 0.717) is 6.42 Å². The van der Waals surface area contributed by atoms with Gasteiger partial charge in [-0.3, -0.25) is 0 Å². The summed E-state index contributed by atoms with van der Waals surface area (Å²) in [6, 6.07) is 3.02. The molecule has 7 heteroatoms. The molecule has 0 aromatic heterocycles. The van der Waals surface area contributed by atoms with Crippen LogP contribution in [0.15, 0.2) is 23.1 Å². The minimum atomic E-state index is -3.95. The second-order valence-corrected chi connectivity index (χ2v) is 7.12. The molecular weight excluding hydrogens is 271 g/mol. The Morgan fingerprint density at radius 2 is 2.11 bits per heavy atom. The molecule has 0 aliphatic heterocycles. The van der Waals surface area contributed by atoms with Gasteiger partial charge in [0.25, 0.3) is 0 Å². The zero-order valence-corrected chi connectivity index (χ0v) is 11.5. The number of hydrogen-bond acceptors (Lipinski definition) is 4. The third-order valence-electron chi connectivity index (χ3n) is 3.76. The Bertz CT molecular complexity index is 601. The van der Waals surface area contributed by atoms with Crippen LogP contribution >= 0.6 is 0 Å². The maximum absolute atomic E-state index is 13.6. The minimum absolute atomic E-state index is 0.163. The molecule has 1 aliphatic rings. The van der Waals surface area contributed by atoms with Crippen LogP contribution in [0.3, 0.4) is 0 Å². The summed E-state index contributed by atoms with van der Waals surface area (Å²) in [7, 11) is -3.95. The van der Waals surface area contributed by atoms with E-state index in [4.69, 9.17) is 5.73 Å². The number of benzene rings is 1. The molecule has 5 nitrogen and oxygen atoms in total. The number of nitrogens with one attached hydrogen (secondary N) is 1. The van der Waals surface area contributed by atoms with Crippen molar-refractivity contribution in [3.8, 4) is 0 Å². The number of halogens is 1. The molecule has 106 valence electrons. The highest BCUT2D eigenvalue weighted by molar-refractivity contribution is 7.89. The number of nitrogen functional groups attached to an aromatic ring is 1. The van der Waals surface area contributed by atoms with Crippen molar-refractivity contribution in [1.82, 2.24) is 4.72 Å². The summed E-state index contributed by atoms with van der Waals surface area (Å²) in [6.07, 6.45) is -0.237. The maximum atomic E-state index is 13.6. The van der Waals surface area contributed by atoms with E-state index in [1.165, 1.54) is 6.07 Å². The van der Waals surface area contributed by atoms with Gasteiger partial charge in [-0.2, -0.15) is 0 Å². The van der Waals surface area contributed by atoms with Crippen LogP contribution < -0.4 is 10.5 Å². The second-order valence-electron chi connectivity index (χ2n) is 5.44. The van der Waals surface area contributed by atoms with Crippen LogP contribution in [0.25, 0.3) is 0 Å². The maximum Gasteiger partial charge on any atom is 0.243 e. The first-order valence-electron chi connectivity index (χ1n) is 5.90. The smallest absolute Gasteiger partial charge is 0.243 e. The molecule has 0 heterocycles. The number of hydrogen-bond donors (Lipinski definition) is 3. The molecule has 1 fully saturated rings. The molecule has 2 unspecified atom stereocenters. The molecule has 0 saturated heterocycles. The molecule has 0 radical (unpaired) electrons. The van der Waals surface area contributed by atoms with Crippen molar-refractivity contribution in [2.45, 2.75) is 37.3 Å². The van der Waals surface area contributed by atoms with Crippen LogP contribution in [0.5, 0.6) is 0 Å². The molecule has 1 aliphatic carbocycles. The van der Waals surface area contributed by atoms with Crippen molar-refractivity contribution in [2.24, 2.45) is 5.41 Å². The Morgan fingerprint density at radius 1 is 1.47 bits per heavy atom. The summed E-state index contributed by atoms with van der Waals surface area (Å²) in [5, 5.41) is 9.58. The van der Waals surface area contributed by atoms with E-state index in [2.05, 4.69) is 4.72 Å². The van der Waals surface area contributed by atoms with Crippen molar-refractivity contribution in [3.63, 3.8) is 0 Å². The number of rotatable bonds is 3. The van der Waals surface area contributed by atoms with Crippen molar-refractivity contribution in [3.05, 3.63) is 24.0 Å². The standard InChI is InChI=1S/C12H17FN2O3S/c1-12(2)10(6-11(12)16)15-19(17,18)9-4-3-7(14)5-8(9)13/h3-5,10-11,15-16H,6,14H2,1-2H3. The lowest BCUT2D eigenvalue weighted by atomic mass is 9.65. The summed E-state index contributed by atoms with van der Waals surface area (Å²) in [4.78, 5) is -0.432.